The summed E-state index contributed by atoms with van der Waals surface area (Å²) in [5.41, 5.74) is 2.46. The summed E-state index contributed by atoms with van der Waals surface area (Å²) in [7, 11) is 4.76. The van der Waals surface area contributed by atoms with Gasteiger partial charge < -0.3 is 23.8 Å². The summed E-state index contributed by atoms with van der Waals surface area (Å²) < 4.78 is 21.7. The van der Waals surface area contributed by atoms with Crippen LogP contribution in [-0.4, -0.2) is 58.4 Å². The summed E-state index contributed by atoms with van der Waals surface area (Å²) in [6.07, 6.45) is -0.389. The zero-order chi connectivity index (χ0) is 19.7. The van der Waals surface area contributed by atoms with E-state index < -0.39 is 0 Å². The van der Waals surface area contributed by atoms with Gasteiger partial charge in [-0.1, -0.05) is 0 Å². The van der Waals surface area contributed by atoms with Crippen molar-refractivity contribution in [3.05, 3.63) is 47.5 Å². The molecule has 2 aliphatic heterocycles. The Balaban J connectivity index is 1.50. The molecule has 0 radical (unpaired) electrons. The molecule has 1 atom stereocenters. The van der Waals surface area contributed by atoms with Crippen LogP contribution in [0.1, 0.15) is 22.1 Å². The first-order valence-corrected chi connectivity index (χ1v) is 9.25. The second kappa shape index (κ2) is 7.59. The molecule has 0 N–H and O–H groups in total. The van der Waals surface area contributed by atoms with Crippen LogP contribution in [0.2, 0.25) is 0 Å². The van der Waals surface area contributed by atoms with Crippen molar-refractivity contribution in [2.75, 3.05) is 52.4 Å². The molecule has 2 aromatic carbocycles. The Labute approximate surface area is 164 Å². The Hall–Kier alpha value is -2.93. The van der Waals surface area contributed by atoms with Gasteiger partial charge in [0.2, 0.25) is 0 Å². The van der Waals surface area contributed by atoms with Crippen LogP contribution in [0, 0.1) is 0 Å². The number of rotatable bonds is 5. The fourth-order valence-corrected chi connectivity index (χ4v) is 3.86. The van der Waals surface area contributed by atoms with E-state index in [1.165, 1.54) is 7.11 Å². The van der Waals surface area contributed by atoms with Crippen molar-refractivity contribution in [1.82, 2.24) is 4.90 Å². The largest absolute Gasteiger partial charge is 0.497 e. The van der Waals surface area contributed by atoms with Gasteiger partial charge in [-0.25, -0.2) is 4.79 Å². The van der Waals surface area contributed by atoms with Crippen LogP contribution >= 0.6 is 0 Å². The third-order valence-electron chi connectivity index (χ3n) is 5.35. The minimum Gasteiger partial charge on any atom is -0.497 e. The monoisotopic (exact) mass is 384 g/mol. The molecule has 2 aromatic rings. The number of carbonyl (C=O) groups excluding carboxylic acids is 1. The Bertz CT molecular complexity index is 860. The number of ether oxygens (including phenoxy) is 4. The topological polar surface area (TPSA) is 60.5 Å². The molecule has 7 heteroatoms. The van der Waals surface area contributed by atoms with Gasteiger partial charge in [-0.2, -0.15) is 0 Å². The number of nitrogens with zero attached hydrogens (tertiary/aromatic N) is 2. The van der Waals surface area contributed by atoms with E-state index >= 15 is 0 Å². The van der Waals surface area contributed by atoms with Crippen LogP contribution in [0.4, 0.5) is 5.69 Å². The van der Waals surface area contributed by atoms with Gasteiger partial charge in [0.1, 0.15) is 11.3 Å². The molecule has 4 rings (SSSR count). The van der Waals surface area contributed by atoms with E-state index in [1.54, 1.807) is 14.2 Å². The molecule has 1 saturated heterocycles. The number of hydrogen-bond acceptors (Lipinski definition) is 7. The fraction of sp³-hybridized carbons (Fsp3) is 0.381. The van der Waals surface area contributed by atoms with Gasteiger partial charge in [-0.05, 0) is 36.4 Å². The smallest absolute Gasteiger partial charge is 0.344 e. The molecule has 0 unspecified atom stereocenters. The van der Waals surface area contributed by atoms with Crippen LogP contribution in [0.5, 0.6) is 17.2 Å². The number of anilines is 1. The lowest BCUT2D eigenvalue weighted by Crippen LogP contribution is -2.47. The number of carbonyl (C=O) groups is 1. The van der Waals surface area contributed by atoms with E-state index in [-0.39, 0.29) is 12.2 Å². The van der Waals surface area contributed by atoms with Crippen LogP contribution in [0.15, 0.2) is 36.4 Å². The summed E-state index contributed by atoms with van der Waals surface area (Å²) >= 11 is 0. The fourth-order valence-electron chi connectivity index (χ4n) is 3.86. The molecular weight excluding hydrogens is 360 g/mol. The Morgan fingerprint density at radius 3 is 2.21 bits per heavy atom. The van der Waals surface area contributed by atoms with Crippen molar-refractivity contribution in [3.8, 4) is 17.2 Å². The van der Waals surface area contributed by atoms with E-state index in [9.17, 15) is 4.79 Å². The van der Waals surface area contributed by atoms with Gasteiger partial charge in [0.05, 0.1) is 21.3 Å². The van der Waals surface area contributed by atoms with Gasteiger partial charge in [-0.3, -0.25) is 4.90 Å². The lowest BCUT2D eigenvalue weighted by Gasteiger charge is -2.38. The predicted octanol–water partition coefficient (Wildman–Crippen LogP) is 2.70. The number of methoxy groups -OCH3 is 3. The molecule has 1 fully saturated rings. The first-order chi connectivity index (χ1) is 13.7. The molecule has 0 amide bonds. The first-order valence-electron chi connectivity index (χ1n) is 9.25. The molecule has 0 saturated carbocycles. The highest BCUT2D eigenvalue weighted by molar-refractivity contribution is 5.98. The lowest BCUT2D eigenvalue weighted by molar-refractivity contribution is -0.0251. The SMILES string of the molecule is COc1ccc(N2CCN([C@@H]3OC(=O)c4c3ccc(OC)c4OC)CC2)cc1. The number of esters is 1. The average molecular weight is 384 g/mol. The second-order valence-electron chi connectivity index (χ2n) is 6.74. The standard InChI is InChI=1S/C21H24N2O5/c1-25-15-6-4-14(5-7-15)22-10-12-23(13-11-22)20-16-8-9-17(26-2)19(27-3)18(16)21(24)28-20/h4-9,20H,10-13H2,1-3H3/t20-/m1/s1. The third-order valence-corrected chi connectivity index (χ3v) is 5.35. The van der Waals surface area contributed by atoms with Gasteiger partial charge in [-0.15, -0.1) is 0 Å². The Morgan fingerprint density at radius 1 is 0.893 bits per heavy atom. The van der Waals surface area contributed by atoms with Crippen molar-refractivity contribution in [3.63, 3.8) is 0 Å². The maximum atomic E-state index is 12.5. The molecule has 148 valence electrons. The highest BCUT2D eigenvalue weighted by Gasteiger charge is 2.39. The van der Waals surface area contributed by atoms with Gasteiger partial charge >= 0.3 is 5.97 Å². The summed E-state index contributed by atoms with van der Waals surface area (Å²) in [5.74, 6) is 1.45. The van der Waals surface area contributed by atoms with Crippen LogP contribution < -0.4 is 19.1 Å². The Kier molecular flexibility index (Phi) is 5.00. The molecule has 28 heavy (non-hydrogen) atoms. The average Bonchev–Trinajstić information content (AvgIpc) is 3.10. The molecule has 0 aromatic heterocycles. The lowest BCUT2D eigenvalue weighted by atomic mass is 10.1. The minimum absolute atomic E-state index is 0.367. The van der Waals surface area contributed by atoms with Gasteiger partial charge in [0, 0.05) is 37.4 Å². The Morgan fingerprint density at radius 2 is 1.61 bits per heavy atom. The van der Waals surface area contributed by atoms with E-state index in [1.807, 2.05) is 24.3 Å². The maximum absolute atomic E-state index is 12.5. The zero-order valence-corrected chi connectivity index (χ0v) is 16.3. The normalized spacial score (nSPS) is 19.2. The molecule has 0 bridgehead atoms. The van der Waals surface area contributed by atoms with Gasteiger partial charge in [0.25, 0.3) is 0 Å². The number of hydrogen-bond donors (Lipinski definition) is 0. The van der Waals surface area contributed by atoms with Crippen LogP contribution in [-0.2, 0) is 4.74 Å². The number of fused-ring (bicyclic) bond motifs is 1. The number of piperazine rings is 1. The molecule has 0 spiro atoms. The quantitative estimate of drug-likeness (QED) is 0.735. The third kappa shape index (κ3) is 3.11. The highest BCUT2D eigenvalue weighted by atomic mass is 16.6. The summed E-state index contributed by atoms with van der Waals surface area (Å²) in [4.78, 5) is 17.0. The highest BCUT2D eigenvalue weighted by Crippen LogP contribution is 2.43. The van der Waals surface area contributed by atoms with Crippen molar-refractivity contribution in [1.29, 1.82) is 0 Å². The molecule has 2 aliphatic rings. The second-order valence-corrected chi connectivity index (χ2v) is 6.74. The van der Waals surface area contributed by atoms with Crippen molar-refractivity contribution in [2.24, 2.45) is 0 Å². The zero-order valence-electron chi connectivity index (χ0n) is 16.3. The van der Waals surface area contributed by atoms with Crippen molar-refractivity contribution in [2.45, 2.75) is 6.23 Å². The van der Waals surface area contributed by atoms with E-state index in [4.69, 9.17) is 18.9 Å². The van der Waals surface area contributed by atoms with E-state index in [0.29, 0.717) is 17.1 Å². The number of cyclic esters (lactones) is 1. The van der Waals surface area contributed by atoms with Crippen molar-refractivity contribution >= 4 is 11.7 Å². The minimum atomic E-state index is -0.389. The molecule has 7 nitrogen and oxygen atoms in total. The molecule has 0 aliphatic carbocycles. The van der Waals surface area contributed by atoms with Crippen LogP contribution in [0.3, 0.4) is 0 Å². The summed E-state index contributed by atoms with van der Waals surface area (Å²) in [6.45, 7) is 3.28. The summed E-state index contributed by atoms with van der Waals surface area (Å²) in [6, 6.07) is 11.8. The van der Waals surface area contributed by atoms with Crippen molar-refractivity contribution < 1.29 is 23.7 Å². The van der Waals surface area contributed by atoms with E-state index in [0.717, 1.165) is 43.2 Å². The first kappa shape index (κ1) is 18.4. The molecule has 2 heterocycles. The van der Waals surface area contributed by atoms with E-state index in [2.05, 4.69) is 21.9 Å². The molecular formula is C21H24N2O5. The number of benzene rings is 2. The van der Waals surface area contributed by atoms with Gasteiger partial charge in [0.15, 0.2) is 17.7 Å². The summed E-state index contributed by atoms with van der Waals surface area (Å²) in [5, 5.41) is 0. The maximum Gasteiger partial charge on any atom is 0.344 e. The van der Waals surface area contributed by atoms with Crippen LogP contribution in [0.25, 0.3) is 0 Å². The predicted molar refractivity (Wildman–Crippen MR) is 104 cm³/mol.